The molecule has 3 amide bonds. The molecule has 0 aromatic carbocycles. The predicted molar refractivity (Wildman–Crippen MR) is 115 cm³/mol. The SMILES string of the molecule is C#CCNC(=O)[C@H](C)N1CCC[C@H](CNC(=O)[C@@H]2CCCN2C(=O)OC(C)(C)C)C1. The molecule has 2 aliphatic heterocycles. The van der Waals surface area contributed by atoms with Gasteiger partial charge in [0.1, 0.15) is 11.6 Å². The van der Waals surface area contributed by atoms with Crippen LogP contribution >= 0.6 is 0 Å². The quantitative estimate of drug-likeness (QED) is 0.633. The molecular formula is C22H36N4O4. The molecule has 8 heteroatoms. The molecular weight excluding hydrogens is 384 g/mol. The van der Waals surface area contributed by atoms with Gasteiger partial charge in [-0.3, -0.25) is 19.4 Å². The number of carbonyl (C=O) groups is 3. The second-order valence-corrected chi connectivity index (χ2v) is 9.18. The highest BCUT2D eigenvalue weighted by molar-refractivity contribution is 5.86. The lowest BCUT2D eigenvalue weighted by atomic mass is 9.96. The van der Waals surface area contributed by atoms with E-state index >= 15 is 0 Å². The Balaban J connectivity index is 1.84. The normalized spacial score (nSPS) is 23.4. The van der Waals surface area contributed by atoms with Crippen LogP contribution in [0.2, 0.25) is 0 Å². The highest BCUT2D eigenvalue weighted by Crippen LogP contribution is 2.22. The van der Waals surface area contributed by atoms with E-state index in [1.54, 1.807) is 0 Å². The molecule has 0 aromatic heterocycles. The third-order valence-corrected chi connectivity index (χ3v) is 5.59. The average molecular weight is 421 g/mol. The van der Waals surface area contributed by atoms with Crippen LogP contribution in [0.15, 0.2) is 0 Å². The van der Waals surface area contributed by atoms with Crippen LogP contribution in [0.25, 0.3) is 0 Å². The lowest BCUT2D eigenvalue weighted by molar-refractivity contribution is -0.127. The molecule has 8 nitrogen and oxygen atoms in total. The van der Waals surface area contributed by atoms with Crippen LogP contribution in [0.3, 0.4) is 0 Å². The summed E-state index contributed by atoms with van der Waals surface area (Å²) in [7, 11) is 0. The Bertz CT molecular complexity index is 667. The molecule has 0 aromatic rings. The minimum Gasteiger partial charge on any atom is -0.444 e. The predicted octanol–water partition coefficient (Wildman–Crippen LogP) is 1.35. The maximum absolute atomic E-state index is 12.8. The van der Waals surface area contributed by atoms with Gasteiger partial charge in [0.25, 0.3) is 0 Å². The lowest BCUT2D eigenvalue weighted by Gasteiger charge is -2.36. The van der Waals surface area contributed by atoms with Gasteiger partial charge in [0.15, 0.2) is 0 Å². The number of piperidine rings is 1. The van der Waals surface area contributed by atoms with Gasteiger partial charge in [0.05, 0.1) is 12.6 Å². The van der Waals surface area contributed by atoms with Crippen LogP contribution in [0.1, 0.15) is 53.4 Å². The molecule has 0 radical (unpaired) electrons. The summed E-state index contributed by atoms with van der Waals surface area (Å²) < 4.78 is 5.44. The Morgan fingerprint density at radius 2 is 1.87 bits per heavy atom. The van der Waals surface area contributed by atoms with E-state index in [1.165, 1.54) is 4.90 Å². The fourth-order valence-corrected chi connectivity index (χ4v) is 4.01. The van der Waals surface area contributed by atoms with Gasteiger partial charge in [-0.2, -0.15) is 0 Å². The summed E-state index contributed by atoms with van der Waals surface area (Å²) >= 11 is 0. The Morgan fingerprint density at radius 1 is 1.17 bits per heavy atom. The van der Waals surface area contributed by atoms with E-state index in [1.807, 2.05) is 27.7 Å². The minimum absolute atomic E-state index is 0.0726. The first-order valence-electron chi connectivity index (χ1n) is 10.8. The van der Waals surface area contributed by atoms with Crippen molar-refractivity contribution in [3.05, 3.63) is 0 Å². The summed E-state index contributed by atoms with van der Waals surface area (Å²) in [6.07, 6.45) is 8.18. The van der Waals surface area contributed by atoms with Crippen molar-refractivity contribution in [1.82, 2.24) is 20.4 Å². The van der Waals surface area contributed by atoms with Crippen LogP contribution < -0.4 is 10.6 Å². The van der Waals surface area contributed by atoms with Crippen LogP contribution in [-0.4, -0.2) is 78.1 Å². The number of nitrogens with one attached hydrogen (secondary N) is 2. The monoisotopic (exact) mass is 420 g/mol. The fourth-order valence-electron chi connectivity index (χ4n) is 4.01. The molecule has 2 N–H and O–H groups in total. The summed E-state index contributed by atoms with van der Waals surface area (Å²) in [5.74, 6) is 2.48. The number of amides is 3. The molecule has 0 spiro atoms. The summed E-state index contributed by atoms with van der Waals surface area (Å²) in [6, 6.07) is -0.734. The molecule has 2 saturated heterocycles. The molecule has 0 aliphatic carbocycles. The molecule has 0 saturated carbocycles. The molecule has 2 aliphatic rings. The second-order valence-electron chi connectivity index (χ2n) is 9.18. The standard InChI is InChI=1S/C22H36N4O4/c1-6-11-23-19(27)16(2)25-12-7-9-17(15-25)14-24-20(28)18-10-8-13-26(18)21(29)30-22(3,4)5/h1,16-18H,7-15H2,2-5H3,(H,23,27)(H,24,28)/t16-,17+,18-/m0/s1. The molecule has 30 heavy (non-hydrogen) atoms. The average Bonchev–Trinajstić information content (AvgIpc) is 3.19. The van der Waals surface area contributed by atoms with E-state index in [0.29, 0.717) is 19.5 Å². The van der Waals surface area contributed by atoms with Gasteiger partial charge in [0, 0.05) is 19.6 Å². The summed E-state index contributed by atoms with van der Waals surface area (Å²) in [4.78, 5) is 41.0. The van der Waals surface area contributed by atoms with E-state index in [-0.39, 0.29) is 30.3 Å². The highest BCUT2D eigenvalue weighted by Gasteiger charge is 2.37. The van der Waals surface area contributed by atoms with Gasteiger partial charge >= 0.3 is 6.09 Å². The zero-order chi connectivity index (χ0) is 22.3. The zero-order valence-corrected chi connectivity index (χ0v) is 18.7. The lowest BCUT2D eigenvalue weighted by Crippen LogP contribution is -2.52. The van der Waals surface area contributed by atoms with Crippen molar-refractivity contribution in [1.29, 1.82) is 0 Å². The Kier molecular flexibility index (Phi) is 8.54. The first-order chi connectivity index (χ1) is 14.1. The van der Waals surface area contributed by atoms with E-state index in [2.05, 4.69) is 21.5 Å². The maximum Gasteiger partial charge on any atom is 0.410 e. The number of terminal acetylenes is 1. The summed E-state index contributed by atoms with van der Waals surface area (Å²) in [6.45, 7) is 10.2. The van der Waals surface area contributed by atoms with Crippen molar-refractivity contribution in [3.8, 4) is 12.3 Å². The Labute approximate surface area is 180 Å². The number of hydrogen-bond acceptors (Lipinski definition) is 5. The van der Waals surface area contributed by atoms with E-state index in [0.717, 1.165) is 32.4 Å². The molecule has 0 bridgehead atoms. The van der Waals surface area contributed by atoms with Crippen LogP contribution in [0.4, 0.5) is 4.79 Å². The van der Waals surface area contributed by atoms with Crippen LogP contribution in [0, 0.1) is 18.3 Å². The van der Waals surface area contributed by atoms with E-state index < -0.39 is 17.7 Å². The molecule has 2 rings (SSSR count). The van der Waals surface area contributed by atoms with Gasteiger partial charge < -0.3 is 15.4 Å². The second kappa shape index (κ2) is 10.7. The number of nitrogens with zero attached hydrogens (tertiary/aromatic N) is 2. The van der Waals surface area contributed by atoms with E-state index in [4.69, 9.17) is 11.2 Å². The number of ether oxygens (including phenoxy) is 1. The van der Waals surface area contributed by atoms with Crippen molar-refractivity contribution in [2.75, 3.05) is 32.7 Å². The first-order valence-corrected chi connectivity index (χ1v) is 10.8. The van der Waals surface area contributed by atoms with Gasteiger partial charge in [-0.25, -0.2) is 4.79 Å². The van der Waals surface area contributed by atoms with Crippen molar-refractivity contribution >= 4 is 17.9 Å². The molecule has 2 heterocycles. The van der Waals surface area contributed by atoms with Crippen molar-refractivity contribution in [2.45, 2.75) is 71.1 Å². The molecule has 2 fully saturated rings. The number of likely N-dealkylation sites (tertiary alicyclic amines) is 2. The fraction of sp³-hybridized carbons (Fsp3) is 0.773. The van der Waals surface area contributed by atoms with Crippen molar-refractivity contribution in [2.24, 2.45) is 5.92 Å². The topological polar surface area (TPSA) is 91.0 Å². The zero-order valence-electron chi connectivity index (χ0n) is 18.7. The highest BCUT2D eigenvalue weighted by atomic mass is 16.6. The van der Waals surface area contributed by atoms with E-state index in [9.17, 15) is 14.4 Å². The van der Waals surface area contributed by atoms with Crippen molar-refractivity contribution < 1.29 is 19.1 Å². The Hall–Kier alpha value is -2.27. The Morgan fingerprint density at radius 3 is 2.53 bits per heavy atom. The molecule has 168 valence electrons. The van der Waals surface area contributed by atoms with Gasteiger partial charge in [-0.15, -0.1) is 6.42 Å². The third kappa shape index (κ3) is 6.91. The van der Waals surface area contributed by atoms with Gasteiger partial charge in [0.2, 0.25) is 11.8 Å². The largest absolute Gasteiger partial charge is 0.444 e. The van der Waals surface area contributed by atoms with Gasteiger partial charge in [-0.1, -0.05) is 5.92 Å². The first kappa shape index (κ1) is 24.0. The molecule has 3 atom stereocenters. The number of carbonyl (C=O) groups excluding carboxylic acids is 3. The third-order valence-electron chi connectivity index (χ3n) is 5.59. The van der Waals surface area contributed by atoms with Crippen LogP contribution in [-0.2, 0) is 14.3 Å². The molecule has 0 unspecified atom stereocenters. The van der Waals surface area contributed by atoms with Crippen LogP contribution in [0.5, 0.6) is 0 Å². The maximum atomic E-state index is 12.8. The minimum atomic E-state index is -0.588. The van der Waals surface area contributed by atoms with Crippen molar-refractivity contribution in [3.63, 3.8) is 0 Å². The number of hydrogen-bond donors (Lipinski definition) is 2. The summed E-state index contributed by atoms with van der Waals surface area (Å²) in [5.41, 5.74) is -0.588. The smallest absolute Gasteiger partial charge is 0.410 e. The number of rotatable bonds is 6. The summed E-state index contributed by atoms with van der Waals surface area (Å²) in [5, 5.41) is 5.75. The van der Waals surface area contributed by atoms with Gasteiger partial charge in [-0.05, 0) is 65.8 Å².